The lowest BCUT2D eigenvalue weighted by Crippen LogP contribution is -2.27. The van der Waals surface area contributed by atoms with E-state index in [1.54, 1.807) is 0 Å². The smallest absolute Gasteiger partial charge is 0.0357 e. The van der Waals surface area contributed by atoms with Gasteiger partial charge in [0.15, 0.2) is 0 Å². The zero-order valence-electron chi connectivity index (χ0n) is 10.8. The Bertz CT molecular complexity index is 352. The topological polar surface area (TPSA) is 12.0 Å². The third-order valence-electron chi connectivity index (χ3n) is 3.03. The summed E-state index contributed by atoms with van der Waals surface area (Å²) in [6, 6.07) is 6.82. The lowest BCUT2D eigenvalue weighted by molar-refractivity contribution is 0.368. The van der Waals surface area contributed by atoms with E-state index in [2.05, 4.69) is 76.1 Å². The van der Waals surface area contributed by atoms with Crippen molar-refractivity contribution in [1.29, 1.82) is 0 Å². The highest BCUT2D eigenvalue weighted by Crippen LogP contribution is 2.32. The van der Waals surface area contributed by atoms with Gasteiger partial charge in [0.2, 0.25) is 0 Å². The molecular weight excluding hydrogens is 342 g/mol. The van der Waals surface area contributed by atoms with Crippen LogP contribution in [0.2, 0.25) is 0 Å². The normalized spacial score (nSPS) is 14.6. The van der Waals surface area contributed by atoms with Gasteiger partial charge in [-0.25, -0.2) is 0 Å². The van der Waals surface area contributed by atoms with Gasteiger partial charge in [0.25, 0.3) is 0 Å². The van der Waals surface area contributed by atoms with E-state index in [4.69, 9.17) is 0 Å². The highest BCUT2D eigenvalue weighted by molar-refractivity contribution is 9.11. The minimum Gasteiger partial charge on any atom is -0.310 e. The summed E-state index contributed by atoms with van der Waals surface area (Å²) < 4.78 is 2.33. The Hall–Kier alpha value is 0.140. The van der Waals surface area contributed by atoms with Crippen molar-refractivity contribution in [2.24, 2.45) is 5.92 Å². The standard InChI is InChI=1S/C14H21Br2N/c1-4-6-10(3)14(17-5-2)12-9-11(15)7-8-13(12)16/h7-10,14,17H,4-6H2,1-3H3. The molecule has 0 saturated carbocycles. The molecule has 0 saturated heterocycles. The summed E-state index contributed by atoms with van der Waals surface area (Å²) in [6.07, 6.45) is 2.48. The van der Waals surface area contributed by atoms with E-state index in [1.807, 2.05) is 0 Å². The highest BCUT2D eigenvalue weighted by atomic mass is 79.9. The van der Waals surface area contributed by atoms with Crippen molar-refractivity contribution in [3.63, 3.8) is 0 Å². The second kappa shape index (κ2) is 7.55. The van der Waals surface area contributed by atoms with Crippen LogP contribution in [-0.4, -0.2) is 6.54 Å². The van der Waals surface area contributed by atoms with E-state index in [-0.39, 0.29) is 0 Å². The van der Waals surface area contributed by atoms with Crippen LogP contribution >= 0.6 is 31.9 Å². The monoisotopic (exact) mass is 361 g/mol. The molecular formula is C14H21Br2N. The van der Waals surface area contributed by atoms with Crippen molar-refractivity contribution < 1.29 is 0 Å². The molecule has 0 spiro atoms. The first kappa shape index (κ1) is 15.2. The first-order valence-corrected chi connectivity index (χ1v) is 7.87. The Morgan fingerprint density at radius 1 is 1.24 bits per heavy atom. The van der Waals surface area contributed by atoms with Crippen LogP contribution in [0.3, 0.4) is 0 Å². The fraction of sp³-hybridized carbons (Fsp3) is 0.571. The number of rotatable bonds is 6. The van der Waals surface area contributed by atoms with E-state index in [1.165, 1.54) is 22.9 Å². The maximum Gasteiger partial charge on any atom is 0.0357 e. The van der Waals surface area contributed by atoms with Gasteiger partial charge in [0.1, 0.15) is 0 Å². The molecule has 0 aliphatic carbocycles. The Kier molecular flexibility index (Phi) is 6.75. The SMILES string of the molecule is CCCC(C)C(NCC)c1cc(Br)ccc1Br. The van der Waals surface area contributed by atoms with E-state index >= 15 is 0 Å². The summed E-state index contributed by atoms with van der Waals surface area (Å²) in [5.41, 5.74) is 1.35. The molecule has 0 aliphatic heterocycles. The van der Waals surface area contributed by atoms with Gasteiger partial charge in [-0.05, 0) is 42.6 Å². The third-order valence-corrected chi connectivity index (χ3v) is 4.25. The summed E-state index contributed by atoms with van der Waals surface area (Å²) in [4.78, 5) is 0. The molecule has 2 atom stereocenters. The van der Waals surface area contributed by atoms with Crippen LogP contribution in [0.5, 0.6) is 0 Å². The molecule has 3 heteroatoms. The predicted octanol–water partition coefficient (Wildman–Crippen LogP) is 5.30. The first-order chi connectivity index (χ1) is 8.10. The molecule has 1 aromatic rings. The van der Waals surface area contributed by atoms with Crippen LogP contribution in [0.25, 0.3) is 0 Å². The average molecular weight is 363 g/mol. The lowest BCUT2D eigenvalue weighted by Gasteiger charge is -2.26. The molecule has 1 rings (SSSR count). The Morgan fingerprint density at radius 3 is 2.53 bits per heavy atom. The highest BCUT2D eigenvalue weighted by Gasteiger charge is 2.20. The predicted molar refractivity (Wildman–Crippen MR) is 82.3 cm³/mol. The van der Waals surface area contributed by atoms with Crippen molar-refractivity contribution in [1.82, 2.24) is 5.32 Å². The second-order valence-electron chi connectivity index (χ2n) is 4.47. The van der Waals surface area contributed by atoms with Crippen molar-refractivity contribution in [3.8, 4) is 0 Å². The van der Waals surface area contributed by atoms with Crippen molar-refractivity contribution in [2.75, 3.05) is 6.54 Å². The molecule has 0 amide bonds. The molecule has 0 aliphatic rings. The van der Waals surface area contributed by atoms with Crippen LogP contribution in [0.1, 0.15) is 45.2 Å². The van der Waals surface area contributed by atoms with Gasteiger partial charge in [-0.15, -0.1) is 0 Å². The maximum absolute atomic E-state index is 3.66. The largest absolute Gasteiger partial charge is 0.310 e. The van der Waals surface area contributed by atoms with Crippen molar-refractivity contribution in [3.05, 3.63) is 32.7 Å². The summed E-state index contributed by atoms with van der Waals surface area (Å²) in [5, 5.41) is 3.60. The Balaban J connectivity index is 2.99. The van der Waals surface area contributed by atoms with Gasteiger partial charge in [-0.2, -0.15) is 0 Å². The van der Waals surface area contributed by atoms with Crippen LogP contribution in [0.15, 0.2) is 27.1 Å². The molecule has 96 valence electrons. The molecule has 1 N–H and O–H groups in total. The molecule has 1 nitrogen and oxygen atoms in total. The average Bonchev–Trinajstić information content (AvgIpc) is 2.30. The van der Waals surface area contributed by atoms with Crippen molar-refractivity contribution >= 4 is 31.9 Å². The number of nitrogens with one attached hydrogen (secondary N) is 1. The van der Waals surface area contributed by atoms with Gasteiger partial charge in [-0.3, -0.25) is 0 Å². The molecule has 1 aromatic carbocycles. The Morgan fingerprint density at radius 2 is 1.94 bits per heavy atom. The van der Waals surface area contributed by atoms with Gasteiger partial charge < -0.3 is 5.32 Å². The quantitative estimate of drug-likeness (QED) is 0.724. The maximum atomic E-state index is 3.66. The molecule has 0 heterocycles. The van der Waals surface area contributed by atoms with E-state index in [9.17, 15) is 0 Å². The number of benzene rings is 1. The van der Waals surface area contributed by atoms with E-state index in [0.717, 1.165) is 11.0 Å². The zero-order valence-corrected chi connectivity index (χ0v) is 13.9. The minimum atomic E-state index is 0.423. The summed E-state index contributed by atoms with van der Waals surface area (Å²) in [6.45, 7) is 7.73. The van der Waals surface area contributed by atoms with Gasteiger partial charge >= 0.3 is 0 Å². The molecule has 0 bridgehead atoms. The number of hydrogen-bond donors (Lipinski definition) is 1. The molecule has 0 aromatic heterocycles. The molecule has 2 unspecified atom stereocenters. The first-order valence-electron chi connectivity index (χ1n) is 6.28. The van der Waals surface area contributed by atoms with Gasteiger partial charge in [-0.1, -0.05) is 59.1 Å². The van der Waals surface area contributed by atoms with Crippen LogP contribution in [-0.2, 0) is 0 Å². The van der Waals surface area contributed by atoms with Gasteiger partial charge in [0.05, 0.1) is 0 Å². The summed E-state index contributed by atoms with van der Waals surface area (Å²) in [5.74, 6) is 0.644. The third kappa shape index (κ3) is 4.38. The molecule has 0 fully saturated rings. The van der Waals surface area contributed by atoms with Gasteiger partial charge in [0, 0.05) is 15.0 Å². The Labute approximate surface area is 122 Å². The van der Waals surface area contributed by atoms with Crippen LogP contribution in [0, 0.1) is 5.92 Å². The molecule has 17 heavy (non-hydrogen) atoms. The van der Waals surface area contributed by atoms with E-state index in [0.29, 0.717) is 12.0 Å². The minimum absolute atomic E-state index is 0.423. The number of halogens is 2. The molecule has 0 radical (unpaired) electrons. The number of hydrogen-bond acceptors (Lipinski definition) is 1. The van der Waals surface area contributed by atoms with Crippen LogP contribution < -0.4 is 5.32 Å². The zero-order chi connectivity index (χ0) is 12.8. The lowest BCUT2D eigenvalue weighted by atomic mass is 9.91. The summed E-state index contributed by atoms with van der Waals surface area (Å²) in [7, 11) is 0. The second-order valence-corrected chi connectivity index (χ2v) is 6.24. The van der Waals surface area contributed by atoms with Crippen LogP contribution in [0.4, 0.5) is 0 Å². The fourth-order valence-corrected chi connectivity index (χ4v) is 3.08. The van der Waals surface area contributed by atoms with E-state index < -0.39 is 0 Å². The summed E-state index contributed by atoms with van der Waals surface area (Å²) >= 11 is 7.21. The fourth-order valence-electron chi connectivity index (χ4n) is 2.21. The van der Waals surface area contributed by atoms with Crippen molar-refractivity contribution in [2.45, 2.75) is 39.7 Å².